The minimum atomic E-state index is -0.638. The van der Waals surface area contributed by atoms with Crippen LogP contribution in [0.5, 0.6) is 0 Å². The van der Waals surface area contributed by atoms with Gasteiger partial charge in [-0.15, -0.1) is 0 Å². The van der Waals surface area contributed by atoms with E-state index in [0.29, 0.717) is 6.04 Å². The van der Waals surface area contributed by atoms with Crippen LogP contribution in [0.2, 0.25) is 0 Å². The van der Waals surface area contributed by atoms with Gasteiger partial charge in [-0.2, -0.15) is 0 Å². The average Bonchev–Trinajstić information content (AvgIpc) is 2.81. The summed E-state index contributed by atoms with van der Waals surface area (Å²) in [5.41, 5.74) is 6.38. The first-order valence-corrected chi connectivity index (χ1v) is 8.50. The molecule has 4 nitrogen and oxygen atoms in total. The predicted molar refractivity (Wildman–Crippen MR) is 92.7 cm³/mol. The molecule has 0 spiro atoms. The number of carbonyl (C=O) groups is 1. The zero-order valence-electron chi connectivity index (χ0n) is 14.2. The number of fused-ring (bicyclic) bond motifs is 1. The number of nitrogens with one attached hydrogen (secondary N) is 2. The van der Waals surface area contributed by atoms with Gasteiger partial charge in [0, 0.05) is 23.7 Å². The molecular weight excluding hydrogens is 288 g/mol. The normalized spacial score (nSPS) is 21.7. The molecular formula is C19H26N2O2. The molecule has 0 unspecified atom stereocenters. The maximum absolute atomic E-state index is 11.0. The molecule has 3 N–H and O–H groups in total. The standard InChI is InChI=1S/C19H26N2O2/c1-11-8-15(18-17(9-11)12(2)13(3)21-18)10-20-16-6-4-14(5-7-16)19(22)23/h8-9,14,16,20-21H,4-7,10H2,1-3H3,(H,22,23). The molecule has 1 saturated carbocycles. The lowest BCUT2D eigenvalue weighted by Gasteiger charge is -2.27. The van der Waals surface area contributed by atoms with E-state index in [-0.39, 0.29) is 5.92 Å². The summed E-state index contributed by atoms with van der Waals surface area (Å²) in [7, 11) is 0. The molecule has 4 heteroatoms. The van der Waals surface area contributed by atoms with Gasteiger partial charge in [-0.1, -0.05) is 11.6 Å². The molecule has 1 aliphatic carbocycles. The molecule has 124 valence electrons. The minimum absolute atomic E-state index is 0.146. The van der Waals surface area contributed by atoms with Crippen LogP contribution < -0.4 is 5.32 Å². The Morgan fingerprint density at radius 1 is 1.22 bits per heavy atom. The number of aryl methyl sites for hydroxylation is 3. The fourth-order valence-electron chi connectivity index (χ4n) is 3.73. The first-order chi connectivity index (χ1) is 11.0. The lowest BCUT2D eigenvalue weighted by Crippen LogP contribution is -2.34. The zero-order valence-corrected chi connectivity index (χ0v) is 14.2. The number of benzene rings is 1. The van der Waals surface area contributed by atoms with Gasteiger partial charge in [-0.05, 0) is 63.6 Å². The molecule has 0 aliphatic heterocycles. The van der Waals surface area contributed by atoms with Gasteiger partial charge >= 0.3 is 5.97 Å². The highest BCUT2D eigenvalue weighted by atomic mass is 16.4. The van der Waals surface area contributed by atoms with Crippen molar-refractivity contribution in [2.45, 2.75) is 59.0 Å². The van der Waals surface area contributed by atoms with Gasteiger partial charge in [0.25, 0.3) is 0 Å². The maximum Gasteiger partial charge on any atom is 0.306 e. The van der Waals surface area contributed by atoms with Gasteiger partial charge in [0.1, 0.15) is 0 Å². The van der Waals surface area contributed by atoms with Crippen molar-refractivity contribution in [3.63, 3.8) is 0 Å². The van der Waals surface area contributed by atoms with Crippen molar-refractivity contribution in [1.82, 2.24) is 10.3 Å². The largest absolute Gasteiger partial charge is 0.481 e. The SMILES string of the molecule is Cc1cc(CNC2CCC(C(=O)O)CC2)c2[nH]c(C)c(C)c2c1. The number of hydrogen-bond acceptors (Lipinski definition) is 2. The smallest absolute Gasteiger partial charge is 0.306 e. The second-order valence-corrected chi connectivity index (χ2v) is 6.99. The van der Waals surface area contributed by atoms with Crippen molar-refractivity contribution >= 4 is 16.9 Å². The Morgan fingerprint density at radius 2 is 1.91 bits per heavy atom. The van der Waals surface area contributed by atoms with Crippen LogP contribution in [0.15, 0.2) is 12.1 Å². The molecule has 0 atom stereocenters. The van der Waals surface area contributed by atoms with Crippen molar-refractivity contribution in [2.75, 3.05) is 0 Å². The third-order valence-corrected chi connectivity index (χ3v) is 5.30. The molecule has 0 bridgehead atoms. The van der Waals surface area contributed by atoms with Gasteiger partial charge in [0.15, 0.2) is 0 Å². The maximum atomic E-state index is 11.0. The highest BCUT2D eigenvalue weighted by Crippen LogP contribution is 2.27. The molecule has 1 aromatic heterocycles. The van der Waals surface area contributed by atoms with E-state index < -0.39 is 5.97 Å². The Labute approximate surface area is 137 Å². The van der Waals surface area contributed by atoms with Gasteiger partial charge in [0.05, 0.1) is 11.4 Å². The number of carboxylic acid groups (broad SMARTS) is 1. The van der Waals surface area contributed by atoms with Gasteiger partial charge in [-0.3, -0.25) is 4.79 Å². The highest BCUT2D eigenvalue weighted by Gasteiger charge is 2.25. The fourth-order valence-corrected chi connectivity index (χ4v) is 3.73. The number of hydrogen-bond donors (Lipinski definition) is 3. The second kappa shape index (κ2) is 6.36. The zero-order chi connectivity index (χ0) is 16.6. The van der Waals surface area contributed by atoms with Crippen LogP contribution in [-0.2, 0) is 11.3 Å². The number of aliphatic carboxylic acids is 1. The quantitative estimate of drug-likeness (QED) is 0.803. The number of carboxylic acids is 1. The van der Waals surface area contributed by atoms with Crippen molar-refractivity contribution in [3.05, 3.63) is 34.5 Å². The number of rotatable bonds is 4. The van der Waals surface area contributed by atoms with Crippen LogP contribution >= 0.6 is 0 Å². The molecule has 0 radical (unpaired) electrons. The van der Waals surface area contributed by atoms with Gasteiger partial charge < -0.3 is 15.4 Å². The molecule has 3 rings (SSSR count). The lowest BCUT2D eigenvalue weighted by molar-refractivity contribution is -0.142. The molecule has 1 aromatic carbocycles. The third kappa shape index (κ3) is 3.27. The van der Waals surface area contributed by atoms with E-state index >= 15 is 0 Å². The Kier molecular flexibility index (Phi) is 4.44. The summed E-state index contributed by atoms with van der Waals surface area (Å²) in [5.74, 6) is -0.784. The van der Waals surface area contributed by atoms with Crippen LogP contribution in [-0.4, -0.2) is 22.1 Å². The van der Waals surface area contributed by atoms with Crippen molar-refractivity contribution in [3.8, 4) is 0 Å². The molecule has 0 saturated heterocycles. The monoisotopic (exact) mass is 314 g/mol. The minimum Gasteiger partial charge on any atom is -0.481 e. The van der Waals surface area contributed by atoms with E-state index in [0.717, 1.165) is 32.2 Å². The summed E-state index contributed by atoms with van der Waals surface area (Å²) < 4.78 is 0. The highest BCUT2D eigenvalue weighted by molar-refractivity contribution is 5.87. The van der Waals surface area contributed by atoms with Crippen LogP contribution in [0.3, 0.4) is 0 Å². The van der Waals surface area contributed by atoms with Crippen molar-refractivity contribution in [2.24, 2.45) is 5.92 Å². The van der Waals surface area contributed by atoms with E-state index in [1.54, 1.807) is 0 Å². The summed E-state index contributed by atoms with van der Waals surface area (Å²) in [4.78, 5) is 14.5. The molecule has 23 heavy (non-hydrogen) atoms. The van der Waals surface area contributed by atoms with Crippen molar-refractivity contribution in [1.29, 1.82) is 0 Å². The Bertz CT molecular complexity index is 725. The summed E-state index contributed by atoms with van der Waals surface area (Å²) in [5, 5.41) is 14.0. The molecule has 1 aliphatic rings. The van der Waals surface area contributed by atoms with E-state index in [4.69, 9.17) is 5.11 Å². The van der Waals surface area contributed by atoms with Gasteiger partial charge in [-0.25, -0.2) is 0 Å². The number of aromatic nitrogens is 1. The summed E-state index contributed by atoms with van der Waals surface area (Å²) in [6.45, 7) is 7.26. The van der Waals surface area contributed by atoms with E-state index in [2.05, 4.69) is 43.2 Å². The predicted octanol–water partition coefficient (Wildman–Crippen LogP) is 3.83. The fraction of sp³-hybridized carbons (Fsp3) is 0.526. The third-order valence-electron chi connectivity index (χ3n) is 5.30. The number of H-pyrrole nitrogens is 1. The molecule has 1 fully saturated rings. The first kappa shape index (κ1) is 16.1. The number of aromatic amines is 1. The molecule has 1 heterocycles. The van der Waals surface area contributed by atoms with E-state index in [9.17, 15) is 4.79 Å². The van der Waals surface area contributed by atoms with Crippen molar-refractivity contribution < 1.29 is 9.90 Å². The first-order valence-electron chi connectivity index (χ1n) is 8.50. The van der Waals surface area contributed by atoms with Crippen LogP contribution in [0.1, 0.15) is 48.1 Å². The average molecular weight is 314 g/mol. The topological polar surface area (TPSA) is 65.1 Å². The Balaban J connectivity index is 1.70. The molecule has 0 amide bonds. The molecule has 2 aromatic rings. The van der Waals surface area contributed by atoms with Crippen LogP contribution in [0.25, 0.3) is 10.9 Å². The Hall–Kier alpha value is -1.81. The summed E-state index contributed by atoms with van der Waals surface area (Å²) in [6, 6.07) is 4.92. The van der Waals surface area contributed by atoms with Crippen LogP contribution in [0, 0.1) is 26.7 Å². The Morgan fingerprint density at radius 3 is 2.57 bits per heavy atom. The second-order valence-electron chi connectivity index (χ2n) is 6.99. The summed E-state index contributed by atoms with van der Waals surface area (Å²) in [6.07, 6.45) is 3.48. The van der Waals surface area contributed by atoms with E-state index in [1.165, 1.54) is 33.3 Å². The lowest BCUT2D eigenvalue weighted by atomic mass is 9.86. The summed E-state index contributed by atoms with van der Waals surface area (Å²) >= 11 is 0. The van der Waals surface area contributed by atoms with Crippen LogP contribution in [0.4, 0.5) is 0 Å². The van der Waals surface area contributed by atoms with Gasteiger partial charge in [0.2, 0.25) is 0 Å². The van der Waals surface area contributed by atoms with E-state index in [1.807, 2.05) is 0 Å².